The van der Waals surface area contributed by atoms with E-state index in [1.165, 1.54) is 18.2 Å². The molecule has 0 aromatic heterocycles. The molecule has 7 heteroatoms. The maximum absolute atomic E-state index is 13.7. The Kier molecular flexibility index (Phi) is 8.98. The molecule has 176 valence electrons. The van der Waals surface area contributed by atoms with E-state index >= 15 is 0 Å². The lowest BCUT2D eigenvalue weighted by atomic mass is 9.98. The largest absolute Gasteiger partial charge is 0.466 e. The predicted molar refractivity (Wildman–Crippen MR) is 123 cm³/mol. The van der Waals surface area contributed by atoms with Gasteiger partial charge in [-0.2, -0.15) is 0 Å². The Morgan fingerprint density at radius 3 is 2.61 bits per heavy atom. The van der Waals surface area contributed by atoms with Crippen molar-refractivity contribution in [2.75, 3.05) is 32.8 Å². The van der Waals surface area contributed by atoms with Crippen LogP contribution in [0, 0.1) is 11.7 Å². The minimum absolute atomic E-state index is 0.0965. The number of hydrogen-bond donors (Lipinski definition) is 0. The van der Waals surface area contributed by atoms with Crippen LogP contribution < -0.4 is 0 Å². The second-order valence-corrected chi connectivity index (χ2v) is 8.22. The molecule has 0 saturated carbocycles. The molecule has 0 N–H and O–H groups in total. The molecule has 1 atom stereocenters. The number of piperidine rings is 1. The van der Waals surface area contributed by atoms with Gasteiger partial charge in [0.25, 0.3) is 5.91 Å². The van der Waals surface area contributed by atoms with Crippen molar-refractivity contribution in [1.82, 2.24) is 9.80 Å². The van der Waals surface area contributed by atoms with Crippen molar-refractivity contribution in [2.24, 2.45) is 5.92 Å². The summed E-state index contributed by atoms with van der Waals surface area (Å²) in [6.45, 7) is 3.67. The monoisotopic (exact) mass is 454 g/mol. The summed E-state index contributed by atoms with van der Waals surface area (Å²) >= 11 is 0. The summed E-state index contributed by atoms with van der Waals surface area (Å²) in [5.41, 5.74) is 1.34. The van der Waals surface area contributed by atoms with Crippen LogP contribution in [-0.4, -0.2) is 60.4 Å². The predicted octanol–water partition coefficient (Wildman–Crippen LogP) is 3.70. The average Bonchev–Trinajstić information content (AvgIpc) is 2.84. The molecule has 2 aromatic rings. The van der Waals surface area contributed by atoms with Crippen LogP contribution in [-0.2, 0) is 20.7 Å². The zero-order valence-corrected chi connectivity index (χ0v) is 19.0. The Bertz CT molecular complexity index is 950. The van der Waals surface area contributed by atoms with Crippen LogP contribution in [0.5, 0.6) is 0 Å². The zero-order valence-electron chi connectivity index (χ0n) is 19.0. The van der Waals surface area contributed by atoms with Crippen molar-refractivity contribution in [3.05, 3.63) is 71.5 Å². The Balaban J connectivity index is 1.64. The van der Waals surface area contributed by atoms with Gasteiger partial charge < -0.3 is 14.5 Å². The normalized spacial score (nSPS) is 15.7. The van der Waals surface area contributed by atoms with Crippen molar-refractivity contribution in [3.63, 3.8) is 0 Å². The molecule has 33 heavy (non-hydrogen) atoms. The molecule has 3 rings (SSSR count). The lowest BCUT2D eigenvalue weighted by Gasteiger charge is -2.32. The minimum atomic E-state index is -0.474. The topological polar surface area (TPSA) is 66.9 Å². The van der Waals surface area contributed by atoms with E-state index < -0.39 is 5.82 Å². The summed E-state index contributed by atoms with van der Waals surface area (Å²) < 4.78 is 18.8. The van der Waals surface area contributed by atoms with Gasteiger partial charge in [0.15, 0.2) is 0 Å². The van der Waals surface area contributed by atoms with E-state index in [1.807, 2.05) is 30.3 Å². The van der Waals surface area contributed by atoms with E-state index in [1.54, 1.807) is 22.8 Å². The third-order valence-corrected chi connectivity index (χ3v) is 5.86. The molecular weight excluding hydrogens is 423 g/mol. The highest BCUT2D eigenvalue weighted by Crippen LogP contribution is 2.19. The molecule has 1 aliphatic rings. The summed E-state index contributed by atoms with van der Waals surface area (Å²) in [5, 5.41) is 0. The lowest BCUT2D eigenvalue weighted by Crippen LogP contribution is -2.44. The standard InChI is InChI=1S/C26H31FN2O4/c1-2-33-26(32)22-11-7-15-29(19-22)24(30)14-17-28(16-13-20-8-4-3-5-9-20)25(31)21-10-6-12-23(27)18-21/h3-6,8-10,12,18,22H,2,7,11,13-17,19H2,1H3. The highest BCUT2D eigenvalue weighted by Gasteiger charge is 2.29. The quantitative estimate of drug-likeness (QED) is 0.542. The molecule has 0 aliphatic carbocycles. The van der Waals surface area contributed by atoms with Crippen LogP contribution in [0.2, 0.25) is 0 Å². The number of hydrogen-bond acceptors (Lipinski definition) is 4. The molecule has 1 aliphatic heterocycles. The zero-order chi connectivity index (χ0) is 23.6. The molecular formula is C26H31FN2O4. The average molecular weight is 455 g/mol. The van der Waals surface area contributed by atoms with Gasteiger partial charge in [-0.3, -0.25) is 14.4 Å². The van der Waals surface area contributed by atoms with Gasteiger partial charge in [-0.1, -0.05) is 36.4 Å². The number of likely N-dealkylation sites (tertiary alicyclic amines) is 1. The SMILES string of the molecule is CCOC(=O)C1CCCN(C(=O)CCN(CCc2ccccc2)C(=O)c2cccc(F)c2)C1. The van der Waals surface area contributed by atoms with E-state index in [4.69, 9.17) is 4.74 Å². The fourth-order valence-electron chi connectivity index (χ4n) is 4.07. The highest BCUT2D eigenvalue weighted by molar-refractivity contribution is 5.94. The molecule has 0 radical (unpaired) electrons. The third-order valence-electron chi connectivity index (χ3n) is 5.86. The number of esters is 1. The van der Waals surface area contributed by atoms with Crippen LogP contribution in [0.1, 0.15) is 42.1 Å². The van der Waals surface area contributed by atoms with Crippen molar-refractivity contribution < 1.29 is 23.5 Å². The van der Waals surface area contributed by atoms with E-state index in [2.05, 4.69) is 0 Å². The van der Waals surface area contributed by atoms with Crippen LogP contribution in [0.15, 0.2) is 54.6 Å². The summed E-state index contributed by atoms with van der Waals surface area (Å²) in [7, 11) is 0. The van der Waals surface area contributed by atoms with E-state index in [0.29, 0.717) is 39.1 Å². The molecule has 1 heterocycles. The second-order valence-electron chi connectivity index (χ2n) is 8.22. The van der Waals surface area contributed by atoms with Crippen LogP contribution >= 0.6 is 0 Å². The number of ether oxygens (including phenoxy) is 1. The Morgan fingerprint density at radius 2 is 1.88 bits per heavy atom. The van der Waals surface area contributed by atoms with Crippen molar-refractivity contribution in [3.8, 4) is 0 Å². The lowest BCUT2D eigenvalue weighted by molar-refractivity contribution is -0.151. The van der Waals surface area contributed by atoms with Crippen molar-refractivity contribution >= 4 is 17.8 Å². The number of benzene rings is 2. The number of rotatable bonds is 9. The first-order valence-electron chi connectivity index (χ1n) is 11.5. The first-order chi connectivity index (χ1) is 16.0. The van der Waals surface area contributed by atoms with Gasteiger partial charge in [0, 0.05) is 38.2 Å². The molecule has 2 aromatic carbocycles. The van der Waals surface area contributed by atoms with Gasteiger partial charge in [-0.15, -0.1) is 0 Å². The van der Waals surface area contributed by atoms with Crippen LogP contribution in [0.3, 0.4) is 0 Å². The smallest absolute Gasteiger partial charge is 0.310 e. The van der Waals surface area contributed by atoms with Gasteiger partial charge in [0.2, 0.25) is 5.91 Å². The molecule has 1 fully saturated rings. The van der Waals surface area contributed by atoms with Gasteiger partial charge in [-0.05, 0) is 49.9 Å². The van der Waals surface area contributed by atoms with Gasteiger partial charge in [0.1, 0.15) is 5.82 Å². The number of halogens is 1. The van der Waals surface area contributed by atoms with Crippen LogP contribution in [0.25, 0.3) is 0 Å². The summed E-state index contributed by atoms with van der Waals surface area (Å²) in [6, 6.07) is 15.4. The Morgan fingerprint density at radius 1 is 1.09 bits per heavy atom. The second kappa shape index (κ2) is 12.1. The minimum Gasteiger partial charge on any atom is -0.466 e. The maximum atomic E-state index is 13.7. The number of nitrogens with zero attached hydrogens (tertiary/aromatic N) is 2. The number of carbonyl (C=O) groups excluding carboxylic acids is 3. The molecule has 0 spiro atoms. The van der Waals surface area contributed by atoms with E-state index in [0.717, 1.165) is 12.0 Å². The summed E-state index contributed by atoms with van der Waals surface area (Å²) in [6.07, 6.45) is 2.23. The van der Waals surface area contributed by atoms with Crippen LogP contribution in [0.4, 0.5) is 4.39 Å². The number of amides is 2. The van der Waals surface area contributed by atoms with Crippen molar-refractivity contribution in [1.29, 1.82) is 0 Å². The van der Waals surface area contributed by atoms with E-state index in [-0.39, 0.29) is 42.2 Å². The molecule has 0 bridgehead atoms. The first kappa shape index (κ1) is 24.4. The van der Waals surface area contributed by atoms with Crippen molar-refractivity contribution in [2.45, 2.75) is 32.6 Å². The molecule has 1 unspecified atom stereocenters. The van der Waals surface area contributed by atoms with Gasteiger partial charge >= 0.3 is 5.97 Å². The third kappa shape index (κ3) is 7.14. The fraction of sp³-hybridized carbons (Fsp3) is 0.423. The maximum Gasteiger partial charge on any atom is 0.310 e. The molecule has 1 saturated heterocycles. The fourth-order valence-corrected chi connectivity index (χ4v) is 4.07. The molecule has 6 nitrogen and oxygen atoms in total. The summed E-state index contributed by atoms with van der Waals surface area (Å²) in [5.74, 6) is -1.44. The van der Waals surface area contributed by atoms with E-state index in [9.17, 15) is 18.8 Å². The highest BCUT2D eigenvalue weighted by atomic mass is 19.1. The Hall–Kier alpha value is -3.22. The molecule has 2 amide bonds. The number of carbonyl (C=O) groups is 3. The van der Waals surface area contributed by atoms with Gasteiger partial charge in [-0.25, -0.2) is 4.39 Å². The first-order valence-corrected chi connectivity index (χ1v) is 11.5. The Labute approximate surface area is 194 Å². The summed E-state index contributed by atoms with van der Waals surface area (Å²) in [4.78, 5) is 41.4. The van der Waals surface area contributed by atoms with Gasteiger partial charge in [0.05, 0.1) is 12.5 Å².